The molecule has 3 nitrogen and oxygen atoms in total. The van der Waals surface area contributed by atoms with Crippen molar-refractivity contribution in [3.63, 3.8) is 0 Å². The number of hydrogen-bond donors (Lipinski definition) is 1. The molecule has 1 aliphatic carbocycles. The quantitative estimate of drug-likeness (QED) is 0.628. The van der Waals surface area contributed by atoms with Crippen molar-refractivity contribution in [2.75, 3.05) is 11.9 Å². The molecule has 1 aromatic rings. The molecule has 0 spiro atoms. The third kappa shape index (κ3) is 3.22. The van der Waals surface area contributed by atoms with Crippen molar-refractivity contribution in [3.05, 3.63) is 30.3 Å². The Balaban J connectivity index is 2.03. The molecule has 0 unspecified atom stereocenters. The maximum atomic E-state index is 6.06. The zero-order chi connectivity index (χ0) is 12.1. The van der Waals surface area contributed by atoms with Crippen LogP contribution in [0.25, 0.3) is 0 Å². The second-order valence-corrected chi connectivity index (χ2v) is 4.67. The first-order valence-corrected chi connectivity index (χ1v) is 6.39. The summed E-state index contributed by atoms with van der Waals surface area (Å²) < 4.78 is 0. The van der Waals surface area contributed by atoms with Gasteiger partial charge in [0.2, 0.25) is 0 Å². The van der Waals surface area contributed by atoms with Crippen LogP contribution in [0, 0.1) is 0 Å². The Morgan fingerprint density at radius 2 is 1.82 bits per heavy atom. The van der Waals surface area contributed by atoms with Gasteiger partial charge < -0.3 is 10.6 Å². The van der Waals surface area contributed by atoms with Gasteiger partial charge in [-0.1, -0.05) is 37.5 Å². The maximum Gasteiger partial charge on any atom is 0.195 e. The minimum absolute atomic E-state index is 0.426. The van der Waals surface area contributed by atoms with Crippen LogP contribution in [0.15, 0.2) is 35.3 Å². The summed E-state index contributed by atoms with van der Waals surface area (Å²) >= 11 is 0. The van der Waals surface area contributed by atoms with E-state index in [2.05, 4.69) is 4.99 Å². The van der Waals surface area contributed by atoms with Crippen LogP contribution in [0.1, 0.15) is 32.1 Å². The van der Waals surface area contributed by atoms with Crippen LogP contribution in [0.2, 0.25) is 0 Å². The Morgan fingerprint density at radius 1 is 1.18 bits per heavy atom. The summed E-state index contributed by atoms with van der Waals surface area (Å²) in [4.78, 5) is 6.59. The van der Waals surface area contributed by atoms with Crippen molar-refractivity contribution in [2.45, 2.75) is 38.1 Å². The fourth-order valence-electron chi connectivity index (χ4n) is 2.27. The van der Waals surface area contributed by atoms with E-state index in [1.54, 1.807) is 0 Å². The van der Waals surface area contributed by atoms with E-state index in [1.165, 1.54) is 32.1 Å². The van der Waals surface area contributed by atoms with E-state index in [9.17, 15) is 0 Å². The average molecular weight is 231 g/mol. The third-order valence-corrected chi connectivity index (χ3v) is 3.38. The fraction of sp³-hybridized carbons (Fsp3) is 0.500. The normalized spacial score (nSPS) is 18.1. The molecule has 0 atom stereocenters. The van der Waals surface area contributed by atoms with E-state index < -0.39 is 0 Å². The second-order valence-electron chi connectivity index (χ2n) is 4.67. The minimum Gasteiger partial charge on any atom is -0.370 e. The predicted octanol–water partition coefficient (Wildman–Crippen LogP) is 2.77. The van der Waals surface area contributed by atoms with Gasteiger partial charge in [0.25, 0.3) is 0 Å². The Morgan fingerprint density at radius 3 is 2.47 bits per heavy atom. The Kier molecular flexibility index (Phi) is 4.02. The van der Waals surface area contributed by atoms with Gasteiger partial charge in [0.15, 0.2) is 5.96 Å². The van der Waals surface area contributed by atoms with Gasteiger partial charge in [-0.25, -0.2) is 4.99 Å². The molecule has 1 saturated carbocycles. The highest BCUT2D eigenvalue weighted by molar-refractivity contribution is 5.94. The smallest absolute Gasteiger partial charge is 0.195 e. The van der Waals surface area contributed by atoms with Crippen molar-refractivity contribution in [2.24, 2.45) is 10.7 Å². The third-order valence-electron chi connectivity index (χ3n) is 3.38. The van der Waals surface area contributed by atoms with Gasteiger partial charge >= 0.3 is 0 Å². The summed E-state index contributed by atoms with van der Waals surface area (Å²) in [6.45, 7) is 0. The fourth-order valence-corrected chi connectivity index (χ4v) is 2.27. The molecule has 0 heterocycles. The first-order chi connectivity index (χ1) is 8.27. The average Bonchev–Trinajstić information content (AvgIpc) is 2.40. The molecular formula is C14H21N3. The second kappa shape index (κ2) is 5.71. The number of nitrogens with zero attached hydrogens (tertiary/aromatic N) is 2. The van der Waals surface area contributed by atoms with Gasteiger partial charge in [0.1, 0.15) is 0 Å². The number of para-hydroxylation sites is 1. The molecular weight excluding hydrogens is 210 g/mol. The van der Waals surface area contributed by atoms with Crippen LogP contribution in [0.5, 0.6) is 0 Å². The highest BCUT2D eigenvalue weighted by Gasteiger charge is 2.13. The van der Waals surface area contributed by atoms with Crippen molar-refractivity contribution in [1.82, 2.24) is 0 Å². The molecule has 0 bridgehead atoms. The molecule has 1 aromatic carbocycles. The lowest BCUT2D eigenvalue weighted by molar-refractivity contribution is 0.443. The molecule has 2 rings (SSSR count). The standard InChI is InChI=1S/C14H21N3/c1-17(13-10-6-3-7-11-13)14(15)16-12-8-4-2-5-9-12/h3,6-7,10-12H,2,4-5,8-9H2,1H3,(H2,15,16). The molecule has 0 aliphatic heterocycles. The summed E-state index contributed by atoms with van der Waals surface area (Å²) in [6, 6.07) is 10.5. The van der Waals surface area contributed by atoms with Crippen molar-refractivity contribution < 1.29 is 0 Å². The van der Waals surface area contributed by atoms with E-state index in [4.69, 9.17) is 5.73 Å². The van der Waals surface area contributed by atoms with Gasteiger partial charge in [-0.3, -0.25) is 0 Å². The Labute approximate surface area is 103 Å². The van der Waals surface area contributed by atoms with Gasteiger partial charge in [0.05, 0.1) is 6.04 Å². The summed E-state index contributed by atoms with van der Waals surface area (Å²) in [5, 5.41) is 0. The maximum absolute atomic E-state index is 6.06. The highest BCUT2D eigenvalue weighted by atomic mass is 15.2. The summed E-state index contributed by atoms with van der Waals surface area (Å²) in [5.74, 6) is 0.628. The van der Waals surface area contributed by atoms with Crippen molar-refractivity contribution in [3.8, 4) is 0 Å². The number of guanidine groups is 1. The number of hydrogen-bond acceptors (Lipinski definition) is 1. The predicted molar refractivity (Wildman–Crippen MR) is 73.3 cm³/mol. The molecule has 1 fully saturated rings. The molecule has 1 aliphatic rings. The molecule has 0 radical (unpaired) electrons. The van der Waals surface area contributed by atoms with Crippen LogP contribution in [0.4, 0.5) is 5.69 Å². The highest BCUT2D eigenvalue weighted by Crippen LogP contribution is 2.20. The summed E-state index contributed by atoms with van der Waals surface area (Å²) in [7, 11) is 1.97. The molecule has 2 N–H and O–H groups in total. The Hall–Kier alpha value is -1.51. The van der Waals surface area contributed by atoms with Gasteiger partial charge in [-0.15, -0.1) is 0 Å². The first kappa shape index (κ1) is 12.0. The number of nitrogens with two attached hydrogens (primary N) is 1. The van der Waals surface area contributed by atoms with Crippen LogP contribution in [-0.4, -0.2) is 19.0 Å². The topological polar surface area (TPSA) is 41.6 Å². The Bertz CT molecular complexity index is 366. The number of anilines is 1. The van der Waals surface area contributed by atoms with E-state index in [-0.39, 0.29) is 0 Å². The van der Waals surface area contributed by atoms with Crippen LogP contribution in [-0.2, 0) is 0 Å². The number of rotatable bonds is 2. The molecule has 0 aromatic heterocycles. The van der Waals surface area contributed by atoms with Crippen LogP contribution >= 0.6 is 0 Å². The van der Waals surface area contributed by atoms with Crippen molar-refractivity contribution >= 4 is 11.6 Å². The van der Waals surface area contributed by atoms with Crippen LogP contribution in [0.3, 0.4) is 0 Å². The van der Waals surface area contributed by atoms with Crippen molar-refractivity contribution in [1.29, 1.82) is 0 Å². The molecule has 92 valence electrons. The first-order valence-electron chi connectivity index (χ1n) is 6.39. The van der Waals surface area contributed by atoms with Gasteiger partial charge in [-0.2, -0.15) is 0 Å². The molecule has 17 heavy (non-hydrogen) atoms. The van der Waals surface area contributed by atoms with E-state index in [0.29, 0.717) is 12.0 Å². The summed E-state index contributed by atoms with van der Waals surface area (Å²) in [5.41, 5.74) is 7.14. The lowest BCUT2D eigenvalue weighted by Crippen LogP contribution is -2.35. The van der Waals surface area contributed by atoms with E-state index in [0.717, 1.165) is 5.69 Å². The molecule has 0 saturated heterocycles. The summed E-state index contributed by atoms with van der Waals surface area (Å²) in [6.07, 6.45) is 6.29. The van der Waals surface area contributed by atoms with Gasteiger partial charge in [-0.05, 0) is 25.0 Å². The zero-order valence-corrected chi connectivity index (χ0v) is 10.5. The number of benzene rings is 1. The van der Waals surface area contributed by atoms with E-state index >= 15 is 0 Å². The minimum atomic E-state index is 0.426. The lowest BCUT2D eigenvalue weighted by atomic mass is 9.96. The van der Waals surface area contributed by atoms with Gasteiger partial charge in [0, 0.05) is 12.7 Å². The molecule has 3 heteroatoms. The van der Waals surface area contributed by atoms with E-state index in [1.807, 2.05) is 42.3 Å². The monoisotopic (exact) mass is 231 g/mol. The largest absolute Gasteiger partial charge is 0.370 e. The number of aliphatic imine (C=N–C) groups is 1. The molecule has 0 amide bonds. The SMILES string of the molecule is CN(C(N)=NC1CCCCC1)c1ccccc1. The lowest BCUT2D eigenvalue weighted by Gasteiger charge is -2.22. The van der Waals surface area contributed by atoms with Crippen LogP contribution < -0.4 is 10.6 Å². The zero-order valence-electron chi connectivity index (χ0n) is 10.5.